The molecule has 2 aromatic rings. The van der Waals surface area contributed by atoms with Crippen LogP contribution in [0.25, 0.3) is 0 Å². The van der Waals surface area contributed by atoms with E-state index in [1.54, 1.807) is 18.2 Å². The van der Waals surface area contributed by atoms with E-state index in [1.165, 1.54) is 11.8 Å². The van der Waals surface area contributed by atoms with Crippen LogP contribution in [0.4, 0.5) is 17.1 Å². The molecular weight excluding hydrogens is 338 g/mol. The SMILES string of the molecule is CC(=O)N(CC(=O)Nc1ccc(N(C)C)cc1)c1cccc(Cl)c1C. The van der Waals surface area contributed by atoms with Gasteiger partial charge in [0.1, 0.15) is 6.54 Å². The van der Waals surface area contributed by atoms with Crippen LogP contribution >= 0.6 is 11.6 Å². The summed E-state index contributed by atoms with van der Waals surface area (Å²) in [6.07, 6.45) is 0. The number of benzene rings is 2. The van der Waals surface area contributed by atoms with Gasteiger partial charge < -0.3 is 15.1 Å². The molecule has 6 heteroatoms. The second-order valence-electron chi connectivity index (χ2n) is 5.98. The molecule has 0 aliphatic carbocycles. The first-order chi connectivity index (χ1) is 11.8. The zero-order chi connectivity index (χ0) is 18.6. The third-order valence-electron chi connectivity index (χ3n) is 3.88. The van der Waals surface area contributed by atoms with Gasteiger partial charge in [0, 0.05) is 43.1 Å². The summed E-state index contributed by atoms with van der Waals surface area (Å²) in [6.45, 7) is 3.18. The summed E-state index contributed by atoms with van der Waals surface area (Å²) in [5.74, 6) is -0.490. The third-order valence-corrected chi connectivity index (χ3v) is 4.29. The van der Waals surface area contributed by atoms with Crippen molar-refractivity contribution in [2.45, 2.75) is 13.8 Å². The Morgan fingerprint density at radius 2 is 1.72 bits per heavy atom. The van der Waals surface area contributed by atoms with Crippen LogP contribution in [0.3, 0.4) is 0 Å². The monoisotopic (exact) mass is 359 g/mol. The van der Waals surface area contributed by atoms with Gasteiger partial charge in [-0.05, 0) is 48.9 Å². The Hall–Kier alpha value is -2.53. The van der Waals surface area contributed by atoms with Crippen LogP contribution < -0.4 is 15.1 Å². The van der Waals surface area contributed by atoms with Crippen molar-refractivity contribution in [3.63, 3.8) is 0 Å². The van der Waals surface area contributed by atoms with Crippen LogP contribution in [-0.4, -0.2) is 32.5 Å². The first-order valence-corrected chi connectivity index (χ1v) is 8.28. The van der Waals surface area contributed by atoms with E-state index >= 15 is 0 Å². The fourth-order valence-electron chi connectivity index (χ4n) is 2.44. The van der Waals surface area contributed by atoms with E-state index in [1.807, 2.05) is 50.2 Å². The van der Waals surface area contributed by atoms with E-state index in [0.29, 0.717) is 16.4 Å². The molecule has 132 valence electrons. The second kappa shape index (κ2) is 8.03. The highest BCUT2D eigenvalue weighted by Gasteiger charge is 2.18. The summed E-state index contributed by atoms with van der Waals surface area (Å²) in [4.78, 5) is 27.8. The van der Waals surface area contributed by atoms with Gasteiger partial charge >= 0.3 is 0 Å². The molecule has 1 N–H and O–H groups in total. The van der Waals surface area contributed by atoms with Gasteiger partial charge in [-0.25, -0.2) is 0 Å². The predicted octanol–water partition coefficient (Wildman–Crippen LogP) is 3.71. The van der Waals surface area contributed by atoms with Crippen molar-refractivity contribution in [1.82, 2.24) is 0 Å². The normalized spacial score (nSPS) is 10.3. The Kier molecular flexibility index (Phi) is 6.04. The van der Waals surface area contributed by atoms with Crippen molar-refractivity contribution < 1.29 is 9.59 Å². The van der Waals surface area contributed by atoms with E-state index in [-0.39, 0.29) is 18.4 Å². The molecule has 0 saturated heterocycles. The molecule has 0 aliphatic rings. The number of hydrogen-bond donors (Lipinski definition) is 1. The molecule has 0 spiro atoms. The molecule has 0 saturated carbocycles. The van der Waals surface area contributed by atoms with Gasteiger partial charge in [-0.3, -0.25) is 9.59 Å². The molecule has 0 unspecified atom stereocenters. The Bertz CT molecular complexity index is 773. The first kappa shape index (κ1) is 18.8. The highest BCUT2D eigenvalue weighted by molar-refractivity contribution is 6.31. The minimum atomic E-state index is -0.271. The summed E-state index contributed by atoms with van der Waals surface area (Å²) >= 11 is 6.13. The number of nitrogens with one attached hydrogen (secondary N) is 1. The molecule has 0 fully saturated rings. The van der Waals surface area contributed by atoms with E-state index < -0.39 is 0 Å². The lowest BCUT2D eigenvalue weighted by Crippen LogP contribution is -2.37. The van der Waals surface area contributed by atoms with Crippen LogP contribution in [0.1, 0.15) is 12.5 Å². The number of carbonyl (C=O) groups is 2. The summed E-state index contributed by atoms with van der Waals surface area (Å²) < 4.78 is 0. The molecule has 0 radical (unpaired) electrons. The highest BCUT2D eigenvalue weighted by Crippen LogP contribution is 2.26. The topological polar surface area (TPSA) is 52.7 Å². The summed E-state index contributed by atoms with van der Waals surface area (Å²) in [7, 11) is 3.90. The summed E-state index contributed by atoms with van der Waals surface area (Å²) in [5.41, 5.74) is 3.13. The minimum Gasteiger partial charge on any atom is -0.378 e. The van der Waals surface area contributed by atoms with Crippen molar-refractivity contribution in [2.75, 3.05) is 35.8 Å². The van der Waals surface area contributed by atoms with Crippen LogP contribution in [0.5, 0.6) is 0 Å². The summed E-state index contributed by atoms with van der Waals surface area (Å²) in [5, 5.41) is 3.37. The standard InChI is InChI=1S/C19H22ClN3O2/c1-13-17(20)6-5-7-18(13)23(14(2)24)12-19(25)21-15-8-10-16(11-9-15)22(3)4/h5-11H,12H2,1-4H3,(H,21,25). The Morgan fingerprint density at radius 1 is 1.08 bits per heavy atom. The highest BCUT2D eigenvalue weighted by atomic mass is 35.5. The maximum absolute atomic E-state index is 12.4. The maximum atomic E-state index is 12.4. The molecule has 2 amide bonds. The molecule has 0 aliphatic heterocycles. The van der Waals surface area contributed by atoms with Crippen LogP contribution in [0, 0.1) is 6.92 Å². The van der Waals surface area contributed by atoms with Gasteiger partial charge in [0.05, 0.1) is 0 Å². The van der Waals surface area contributed by atoms with Crippen LogP contribution in [0.15, 0.2) is 42.5 Å². The number of nitrogens with zero attached hydrogens (tertiary/aromatic N) is 2. The quantitative estimate of drug-likeness (QED) is 0.885. The number of halogens is 1. The van der Waals surface area contributed by atoms with Crippen LogP contribution in [-0.2, 0) is 9.59 Å². The van der Waals surface area contributed by atoms with Gasteiger partial charge in [-0.2, -0.15) is 0 Å². The van der Waals surface area contributed by atoms with E-state index in [2.05, 4.69) is 5.32 Å². The van der Waals surface area contributed by atoms with Crippen molar-refractivity contribution in [3.8, 4) is 0 Å². The molecule has 0 heterocycles. The number of amides is 2. The van der Waals surface area contributed by atoms with Gasteiger partial charge in [-0.1, -0.05) is 17.7 Å². The molecule has 0 bridgehead atoms. The lowest BCUT2D eigenvalue weighted by molar-refractivity contribution is -0.120. The van der Waals surface area contributed by atoms with Gasteiger partial charge in [-0.15, -0.1) is 0 Å². The average molecular weight is 360 g/mol. The molecular formula is C19H22ClN3O2. The Labute approximate surface area is 153 Å². The smallest absolute Gasteiger partial charge is 0.244 e. The second-order valence-corrected chi connectivity index (χ2v) is 6.39. The predicted molar refractivity (Wildman–Crippen MR) is 104 cm³/mol. The lowest BCUT2D eigenvalue weighted by Gasteiger charge is -2.23. The van der Waals surface area contributed by atoms with Crippen molar-refractivity contribution >= 4 is 40.5 Å². The van der Waals surface area contributed by atoms with Gasteiger partial charge in [0.25, 0.3) is 0 Å². The molecule has 2 aromatic carbocycles. The van der Waals surface area contributed by atoms with Crippen LogP contribution in [0.2, 0.25) is 5.02 Å². The third kappa shape index (κ3) is 4.73. The number of carbonyl (C=O) groups excluding carboxylic acids is 2. The average Bonchev–Trinajstić information content (AvgIpc) is 2.56. The number of anilines is 3. The van der Waals surface area contributed by atoms with Crippen molar-refractivity contribution in [1.29, 1.82) is 0 Å². The number of rotatable bonds is 5. The number of hydrogen-bond acceptors (Lipinski definition) is 3. The van der Waals surface area contributed by atoms with Gasteiger partial charge in [0.15, 0.2) is 0 Å². The van der Waals surface area contributed by atoms with Crippen molar-refractivity contribution in [2.24, 2.45) is 0 Å². The molecule has 5 nitrogen and oxygen atoms in total. The fraction of sp³-hybridized carbons (Fsp3) is 0.263. The largest absolute Gasteiger partial charge is 0.378 e. The minimum absolute atomic E-state index is 0.0774. The van der Waals surface area contributed by atoms with Crippen molar-refractivity contribution in [3.05, 3.63) is 53.1 Å². The lowest BCUT2D eigenvalue weighted by atomic mass is 10.1. The van der Waals surface area contributed by atoms with E-state index in [0.717, 1.165) is 11.3 Å². The molecule has 0 aromatic heterocycles. The molecule has 25 heavy (non-hydrogen) atoms. The van der Waals surface area contributed by atoms with E-state index in [9.17, 15) is 9.59 Å². The Morgan fingerprint density at radius 3 is 2.28 bits per heavy atom. The maximum Gasteiger partial charge on any atom is 0.244 e. The fourth-order valence-corrected chi connectivity index (χ4v) is 2.61. The molecule has 0 atom stereocenters. The summed E-state index contributed by atoms with van der Waals surface area (Å²) in [6, 6.07) is 12.8. The molecule has 2 rings (SSSR count). The first-order valence-electron chi connectivity index (χ1n) is 7.90. The zero-order valence-corrected chi connectivity index (χ0v) is 15.6. The van der Waals surface area contributed by atoms with E-state index in [4.69, 9.17) is 11.6 Å². The Balaban J connectivity index is 2.13. The van der Waals surface area contributed by atoms with Gasteiger partial charge in [0.2, 0.25) is 11.8 Å². The zero-order valence-electron chi connectivity index (χ0n) is 14.8.